The van der Waals surface area contributed by atoms with Crippen LogP contribution in [0.4, 0.5) is 5.69 Å². The van der Waals surface area contributed by atoms with E-state index in [4.69, 9.17) is 0 Å². The van der Waals surface area contributed by atoms with Gasteiger partial charge in [0.15, 0.2) is 0 Å². The molecule has 0 spiro atoms. The van der Waals surface area contributed by atoms with Crippen LogP contribution < -0.4 is 5.32 Å². The molecule has 0 fully saturated rings. The maximum Gasteiger partial charge on any atom is 0.301 e. The molecule has 0 aliphatic rings. The van der Waals surface area contributed by atoms with Crippen LogP contribution in [0.3, 0.4) is 0 Å². The highest BCUT2D eigenvalue weighted by atomic mass is 79.9. The second-order valence-corrected chi connectivity index (χ2v) is 3.29. The molecule has 0 radical (unpaired) electrons. The van der Waals surface area contributed by atoms with E-state index in [1.165, 1.54) is 6.20 Å². The zero-order valence-corrected chi connectivity index (χ0v) is 9.81. The Hall–Kier alpha value is -0.800. The number of carbonyl (C=O) groups is 1. The molecule has 1 aromatic heterocycles. The highest BCUT2D eigenvalue weighted by Crippen LogP contribution is 2.19. The number of nitrogens with one attached hydrogen (secondary N) is 1. The number of anilines is 1. The molecule has 1 heterocycles. The summed E-state index contributed by atoms with van der Waals surface area (Å²) in [7, 11) is 1.76. The van der Waals surface area contributed by atoms with Gasteiger partial charge in [-0.05, 0) is 20.8 Å². The minimum absolute atomic E-state index is 0.384. The van der Waals surface area contributed by atoms with Crippen molar-refractivity contribution in [3.05, 3.63) is 10.8 Å². The van der Waals surface area contributed by atoms with Gasteiger partial charge in [0.1, 0.15) is 4.60 Å². The third-order valence-corrected chi connectivity index (χ3v) is 2.41. The Labute approximate surface area is 91.9 Å². The van der Waals surface area contributed by atoms with Gasteiger partial charge in [-0.15, -0.1) is 0 Å². The summed E-state index contributed by atoms with van der Waals surface area (Å²) in [4.78, 5) is 13.3. The van der Waals surface area contributed by atoms with Crippen molar-refractivity contribution >= 4 is 43.5 Å². The standard InChI is InChI=1S/C7H5Br2N3O/c1-12-7(9)5(4-10-12)11-6(13)2-3-8/h4H,1H3,(H,11,13). The van der Waals surface area contributed by atoms with Gasteiger partial charge in [0.25, 0.3) is 0 Å². The number of hydrogen-bond donors (Lipinski definition) is 1. The van der Waals surface area contributed by atoms with Crippen molar-refractivity contribution in [2.45, 2.75) is 0 Å². The first-order valence-electron chi connectivity index (χ1n) is 3.25. The lowest BCUT2D eigenvalue weighted by Crippen LogP contribution is -2.08. The van der Waals surface area contributed by atoms with E-state index in [9.17, 15) is 4.79 Å². The normalized spacial score (nSPS) is 8.85. The third kappa shape index (κ3) is 2.57. The molecule has 13 heavy (non-hydrogen) atoms. The molecule has 0 atom stereocenters. The maximum atomic E-state index is 11.0. The van der Waals surface area contributed by atoms with Crippen LogP contribution in [0.1, 0.15) is 0 Å². The van der Waals surface area contributed by atoms with Crippen molar-refractivity contribution in [3.8, 4) is 10.8 Å². The average Bonchev–Trinajstić information content (AvgIpc) is 2.37. The molecule has 1 N–H and O–H groups in total. The van der Waals surface area contributed by atoms with E-state index >= 15 is 0 Å². The average molecular weight is 307 g/mol. The fourth-order valence-electron chi connectivity index (χ4n) is 0.703. The van der Waals surface area contributed by atoms with Gasteiger partial charge in [-0.1, -0.05) is 0 Å². The van der Waals surface area contributed by atoms with Crippen LogP contribution >= 0.6 is 31.9 Å². The van der Waals surface area contributed by atoms with Gasteiger partial charge in [-0.2, -0.15) is 5.10 Å². The lowest BCUT2D eigenvalue weighted by atomic mass is 10.5. The van der Waals surface area contributed by atoms with Gasteiger partial charge < -0.3 is 5.32 Å². The second-order valence-electron chi connectivity index (χ2n) is 2.15. The van der Waals surface area contributed by atoms with Crippen LogP contribution in [0, 0.1) is 10.8 Å². The summed E-state index contributed by atoms with van der Waals surface area (Å²) in [6.45, 7) is 0. The van der Waals surface area contributed by atoms with E-state index in [1.54, 1.807) is 11.7 Å². The third-order valence-electron chi connectivity index (χ3n) is 1.28. The number of hydrogen-bond acceptors (Lipinski definition) is 2. The number of rotatable bonds is 1. The van der Waals surface area contributed by atoms with Crippen molar-refractivity contribution in [1.82, 2.24) is 9.78 Å². The molecule has 4 nitrogen and oxygen atoms in total. The van der Waals surface area contributed by atoms with Crippen molar-refractivity contribution in [1.29, 1.82) is 0 Å². The summed E-state index contributed by atoms with van der Waals surface area (Å²) >= 11 is 6.09. The first-order chi connectivity index (χ1) is 6.15. The number of halogens is 2. The molecule has 68 valence electrons. The molecule has 0 saturated carbocycles. The van der Waals surface area contributed by atoms with Gasteiger partial charge in [0.2, 0.25) is 0 Å². The van der Waals surface area contributed by atoms with Gasteiger partial charge in [-0.3, -0.25) is 9.48 Å². The Morgan fingerprint density at radius 3 is 2.92 bits per heavy atom. The molecule has 0 saturated heterocycles. The zero-order chi connectivity index (χ0) is 9.84. The smallest absolute Gasteiger partial charge is 0.301 e. The van der Waals surface area contributed by atoms with Crippen LogP contribution in [0.25, 0.3) is 0 Å². The topological polar surface area (TPSA) is 46.9 Å². The van der Waals surface area contributed by atoms with E-state index in [1.807, 2.05) is 0 Å². The summed E-state index contributed by atoms with van der Waals surface area (Å²) in [5.74, 6) is 1.91. The van der Waals surface area contributed by atoms with E-state index < -0.39 is 0 Å². The molecule has 6 heteroatoms. The minimum atomic E-state index is -0.384. The van der Waals surface area contributed by atoms with Crippen LogP contribution in [-0.2, 0) is 11.8 Å². The van der Waals surface area contributed by atoms with E-state index in [-0.39, 0.29) is 5.91 Å². The predicted molar refractivity (Wildman–Crippen MR) is 56.2 cm³/mol. The van der Waals surface area contributed by atoms with Gasteiger partial charge >= 0.3 is 5.91 Å². The molecule has 0 aliphatic carbocycles. The lowest BCUT2D eigenvalue weighted by Gasteiger charge is -1.97. The number of aryl methyl sites for hydroxylation is 1. The minimum Gasteiger partial charge on any atom is -0.311 e. The Bertz CT molecular complexity index is 388. The molecule has 0 unspecified atom stereocenters. The fourth-order valence-corrected chi connectivity index (χ4v) is 1.18. The Kier molecular flexibility index (Phi) is 3.51. The molecule has 0 aromatic carbocycles. The summed E-state index contributed by atoms with van der Waals surface area (Å²) in [6.07, 6.45) is 1.54. The lowest BCUT2D eigenvalue weighted by molar-refractivity contribution is -0.111. The van der Waals surface area contributed by atoms with Crippen molar-refractivity contribution < 1.29 is 4.79 Å². The maximum absolute atomic E-state index is 11.0. The largest absolute Gasteiger partial charge is 0.311 e. The quantitative estimate of drug-likeness (QED) is 0.799. The Balaban J connectivity index is 2.79. The molecule has 1 amide bonds. The second kappa shape index (κ2) is 4.44. The Morgan fingerprint density at radius 2 is 2.46 bits per heavy atom. The number of amides is 1. The van der Waals surface area contributed by atoms with Gasteiger partial charge in [0.05, 0.1) is 11.9 Å². The molecule has 0 bridgehead atoms. The van der Waals surface area contributed by atoms with Crippen molar-refractivity contribution in [2.75, 3.05) is 5.32 Å². The molecule has 0 aliphatic heterocycles. The van der Waals surface area contributed by atoms with Crippen molar-refractivity contribution in [2.24, 2.45) is 7.05 Å². The summed E-state index contributed by atoms with van der Waals surface area (Å²) in [5, 5.41) is 6.48. The number of carbonyl (C=O) groups excluding carboxylic acids is 1. The first-order valence-corrected chi connectivity index (χ1v) is 4.84. The summed E-state index contributed by atoms with van der Waals surface area (Å²) in [6, 6.07) is 0. The van der Waals surface area contributed by atoms with Gasteiger partial charge in [-0.25, -0.2) is 0 Å². The number of aromatic nitrogens is 2. The van der Waals surface area contributed by atoms with Crippen LogP contribution in [0.5, 0.6) is 0 Å². The van der Waals surface area contributed by atoms with Gasteiger partial charge in [0, 0.05) is 28.9 Å². The number of nitrogens with zero attached hydrogens (tertiary/aromatic N) is 2. The first kappa shape index (κ1) is 10.3. The summed E-state index contributed by atoms with van der Waals surface area (Å²) in [5.41, 5.74) is 0.600. The Morgan fingerprint density at radius 1 is 1.77 bits per heavy atom. The van der Waals surface area contributed by atoms with Crippen LogP contribution in [0.15, 0.2) is 10.8 Å². The van der Waals surface area contributed by atoms with Crippen LogP contribution in [-0.4, -0.2) is 15.7 Å². The van der Waals surface area contributed by atoms with E-state index in [0.29, 0.717) is 10.3 Å². The SMILES string of the molecule is Cn1ncc(NC(=O)C#CBr)c1Br. The van der Waals surface area contributed by atoms with E-state index in [0.717, 1.165) is 0 Å². The molecule has 1 aromatic rings. The van der Waals surface area contributed by atoms with E-state index in [2.05, 4.69) is 53.0 Å². The highest BCUT2D eigenvalue weighted by Gasteiger charge is 2.06. The highest BCUT2D eigenvalue weighted by molar-refractivity contribution is 9.12. The molecular formula is C7H5Br2N3O. The summed E-state index contributed by atoms with van der Waals surface area (Å²) < 4.78 is 2.30. The fraction of sp³-hybridized carbons (Fsp3) is 0.143. The monoisotopic (exact) mass is 305 g/mol. The van der Waals surface area contributed by atoms with Crippen molar-refractivity contribution in [3.63, 3.8) is 0 Å². The zero-order valence-electron chi connectivity index (χ0n) is 6.64. The van der Waals surface area contributed by atoms with Crippen LogP contribution in [0.2, 0.25) is 0 Å². The predicted octanol–water partition coefficient (Wildman–Crippen LogP) is 1.48. The molecular weight excluding hydrogens is 302 g/mol. The molecule has 1 rings (SSSR count).